The van der Waals surface area contributed by atoms with Crippen LogP contribution < -0.4 is 5.32 Å². The molecule has 0 unspecified atom stereocenters. The quantitative estimate of drug-likeness (QED) is 0.185. The molecular weight excluding hydrogens is 582 g/mol. The number of ether oxygens (including phenoxy) is 3. The van der Waals surface area contributed by atoms with Gasteiger partial charge in [0.05, 0.1) is 18.8 Å². The number of aromatic nitrogens is 4. The largest absolute Gasteiger partial charge is 0.453 e. The van der Waals surface area contributed by atoms with Crippen LogP contribution in [0.2, 0.25) is 0 Å². The van der Waals surface area contributed by atoms with Gasteiger partial charge in [-0.1, -0.05) is 84.6 Å². The number of rotatable bonds is 11. The van der Waals surface area contributed by atoms with E-state index in [0.29, 0.717) is 17.3 Å². The highest BCUT2D eigenvalue weighted by Crippen LogP contribution is 2.39. The van der Waals surface area contributed by atoms with Gasteiger partial charge in [0.2, 0.25) is 5.16 Å². The van der Waals surface area contributed by atoms with E-state index >= 15 is 0 Å². The van der Waals surface area contributed by atoms with E-state index in [1.807, 2.05) is 72.8 Å². The molecule has 0 radical (unpaired) electrons. The lowest BCUT2D eigenvalue weighted by Crippen LogP contribution is -2.35. The van der Waals surface area contributed by atoms with Crippen molar-refractivity contribution >= 4 is 23.6 Å². The second-order valence-corrected chi connectivity index (χ2v) is 11.5. The van der Waals surface area contributed by atoms with E-state index in [1.165, 1.54) is 18.7 Å². The van der Waals surface area contributed by atoms with Crippen LogP contribution >= 0.6 is 11.8 Å². The van der Waals surface area contributed by atoms with Crippen LogP contribution in [0.3, 0.4) is 0 Å². The number of esters is 1. The summed E-state index contributed by atoms with van der Waals surface area (Å²) in [7, 11) is 1.80. The van der Waals surface area contributed by atoms with Crippen molar-refractivity contribution in [1.82, 2.24) is 25.5 Å². The second-order valence-electron chi connectivity index (χ2n) is 10.5. The average Bonchev–Trinajstić information content (AvgIpc) is 3.46. The van der Waals surface area contributed by atoms with Crippen molar-refractivity contribution in [3.8, 4) is 11.1 Å². The Kier molecular flexibility index (Phi) is 10.4. The summed E-state index contributed by atoms with van der Waals surface area (Å²) in [5, 5.41) is 24.7. The molecule has 5 rings (SSSR count). The fourth-order valence-corrected chi connectivity index (χ4v) is 5.81. The number of amides is 1. The first kappa shape index (κ1) is 31.3. The summed E-state index contributed by atoms with van der Waals surface area (Å²) in [6, 6.07) is 23.6. The molecule has 1 fully saturated rings. The van der Waals surface area contributed by atoms with E-state index < -0.39 is 18.4 Å². The van der Waals surface area contributed by atoms with E-state index in [9.17, 15) is 14.7 Å². The third kappa shape index (κ3) is 7.88. The molecular formula is C32H35N5O6S. The Bertz CT molecular complexity index is 1560. The van der Waals surface area contributed by atoms with Crippen LogP contribution in [0.25, 0.3) is 11.1 Å². The minimum Gasteiger partial charge on any atom is -0.453 e. The first-order valence-electron chi connectivity index (χ1n) is 14.3. The first-order chi connectivity index (χ1) is 21.3. The van der Waals surface area contributed by atoms with Crippen LogP contribution in [-0.2, 0) is 44.0 Å². The Balaban J connectivity index is 1.32. The molecule has 1 aromatic heterocycles. The van der Waals surface area contributed by atoms with Crippen molar-refractivity contribution in [3.05, 3.63) is 95.1 Å². The smallest absolute Gasteiger partial charge is 0.303 e. The lowest BCUT2D eigenvalue weighted by molar-refractivity contribution is -0.245. The monoisotopic (exact) mass is 617 g/mol. The molecule has 1 aliphatic rings. The number of aliphatic hydroxyl groups is 1. The van der Waals surface area contributed by atoms with Gasteiger partial charge in [-0.25, -0.2) is 4.68 Å². The normalized spacial score (nSPS) is 18.9. The van der Waals surface area contributed by atoms with E-state index in [4.69, 9.17) is 14.2 Å². The maximum absolute atomic E-state index is 12.4. The summed E-state index contributed by atoms with van der Waals surface area (Å²) < 4.78 is 19.5. The van der Waals surface area contributed by atoms with Gasteiger partial charge < -0.3 is 24.6 Å². The minimum absolute atomic E-state index is 0.0161. The number of tetrazole rings is 1. The Morgan fingerprint density at radius 2 is 1.80 bits per heavy atom. The van der Waals surface area contributed by atoms with Gasteiger partial charge in [-0.3, -0.25) is 9.59 Å². The van der Waals surface area contributed by atoms with Gasteiger partial charge in [0, 0.05) is 38.3 Å². The van der Waals surface area contributed by atoms with Crippen molar-refractivity contribution in [3.63, 3.8) is 0 Å². The van der Waals surface area contributed by atoms with Gasteiger partial charge in [-0.15, -0.1) is 5.10 Å². The lowest BCUT2D eigenvalue weighted by atomic mass is 9.97. The molecule has 1 aliphatic heterocycles. The number of carbonyl (C=O) groups is 2. The average molecular weight is 618 g/mol. The summed E-state index contributed by atoms with van der Waals surface area (Å²) in [4.78, 5) is 23.6. The Labute approximate surface area is 259 Å². The number of nitrogens with zero attached hydrogens (tertiary/aromatic N) is 4. The lowest BCUT2D eigenvalue weighted by Gasteiger charge is -2.36. The number of nitrogens with one attached hydrogen (secondary N) is 1. The molecule has 0 spiro atoms. The standard InChI is InChI=1S/C32H35N5O6S/c1-20(41-21(2)39)30(40)33-17-26-6-4-5-7-28(26)23-12-14-25(15-13-23)31-42-27(19-44-32-34-35-36-37(32)3)16-29(43-31)24-10-8-22(18-38)9-11-24/h4-15,20,27,29,31,38H,16-19H2,1-3H3,(H,33,40)/t20-,27-,29+,31+/m0/s1. The summed E-state index contributed by atoms with van der Waals surface area (Å²) in [5.74, 6) is -0.217. The highest BCUT2D eigenvalue weighted by atomic mass is 32.2. The van der Waals surface area contributed by atoms with E-state index in [1.54, 1.807) is 18.7 Å². The van der Waals surface area contributed by atoms with Crippen molar-refractivity contribution in [2.24, 2.45) is 7.05 Å². The molecule has 230 valence electrons. The zero-order chi connectivity index (χ0) is 31.1. The van der Waals surface area contributed by atoms with Gasteiger partial charge in [0.25, 0.3) is 5.91 Å². The third-order valence-electron chi connectivity index (χ3n) is 7.27. The predicted octanol–water partition coefficient (Wildman–Crippen LogP) is 4.27. The van der Waals surface area contributed by atoms with Crippen molar-refractivity contribution in [1.29, 1.82) is 0 Å². The molecule has 1 amide bonds. The van der Waals surface area contributed by atoms with Gasteiger partial charge >= 0.3 is 5.97 Å². The van der Waals surface area contributed by atoms with Crippen LogP contribution in [0.15, 0.2) is 78.0 Å². The first-order valence-corrected chi connectivity index (χ1v) is 15.3. The number of aryl methyl sites for hydroxylation is 1. The highest BCUT2D eigenvalue weighted by molar-refractivity contribution is 7.99. The summed E-state index contributed by atoms with van der Waals surface area (Å²) >= 11 is 1.53. The highest BCUT2D eigenvalue weighted by Gasteiger charge is 2.32. The van der Waals surface area contributed by atoms with Crippen molar-refractivity contribution < 1.29 is 28.9 Å². The van der Waals surface area contributed by atoms with Crippen molar-refractivity contribution in [2.75, 3.05) is 5.75 Å². The molecule has 2 N–H and O–H groups in total. The SMILES string of the molecule is CC(=O)O[C@@H](C)C(=O)NCc1ccccc1-c1ccc([C@@H]2O[C@H](CSc3nnnn3C)C[C@H](c3ccc(CO)cc3)O2)cc1. The molecule has 2 heterocycles. The molecule has 0 bridgehead atoms. The summed E-state index contributed by atoms with van der Waals surface area (Å²) in [5.41, 5.74) is 5.60. The van der Waals surface area contributed by atoms with Gasteiger partial charge in [0.15, 0.2) is 12.4 Å². The molecule has 4 aromatic rings. The number of hydrogen-bond acceptors (Lipinski definition) is 10. The number of hydrogen-bond donors (Lipinski definition) is 2. The summed E-state index contributed by atoms with van der Waals surface area (Å²) in [6.07, 6.45) is -1.15. The fourth-order valence-electron chi connectivity index (χ4n) is 4.94. The topological polar surface area (TPSA) is 138 Å². The van der Waals surface area contributed by atoms with Crippen molar-refractivity contribution in [2.45, 2.75) is 63.2 Å². The maximum Gasteiger partial charge on any atom is 0.303 e. The number of thioether (sulfide) groups is 1. The summed E-state index contributed by atoms with van der Waals surface area (Å²) in [6.45, 7) is 3.09. The zero-order valence-corrected chi connectivity index (χ0v) is 25.6. The van der Waals surface area contributed by atoms with E-state index in [0.717, 1.165) is 33.4 Å². The van der Waals surface area contributed by atoms with Crippen LogP contribution in [0, 0.1) is 0 Å². The predicted molar refractivity (Wildman–Crippen MR) is 163 cm³/mol. The van der Waals surface area contributed by atoms with Crippen LogP contribution in [0.1, 0.15) is 54.9 Å². The molecule has 1 saturated heterocycles. The Morgan fingerprint density at radius 3 is 2.48 bits per heavy atom. The Morgan fingerprint density at radius 1 is 1.07 bits per heavy atom. The molecule has 0 saturated carbocycles. The third-order valence-corrected chi connectivity index (χ3v) is 8.41. The van der Waals surface area contributed by atoms with E-state index in [2.05, 4.69) is 20.8 Å². The molecule has 44 heavy (non-hydrogen) atoms. The number of benzene rings is 3. The Hall–Kier alpha value is -4.10. The number of aliphatic hydroxyl groups excluding tert-OH is 1. The molecule has 11 nitrogen and oxygen atoms in total. The fraction of sp³-hybridized carbons (Fsp3) is 0.344. The van der Waals surface area contributed by atoms with E-state index in [-0.39, 0.29) is 31.3 Å². The molecule has 3 aromatic carbocycles. The van der Waals surface area contributed by atoms with Gasteiger partial charge in [0.1, 0.15) is 0 Å². The van der Waals surface area contributed by atoms with Crippen LogP contribution in [-0.4, -0.2) is 55.2 Å². The molecule has 4 atom stereocenters. The zero-order valence-electron chi connectivity index (χ0n) is 24.8. The molecule has 12 heteroatoms. The molecule has 0 aliphatic carbocycles. The van der Waals surface area contributed by atoms with Gasteiger partial charge in [-0.2, -0.15) is 0 Å². The second kappa shape index (κ2) is 14.6. The maximum atomic E-state index is 12.4. The minimum atomic E-state index is -0.870. The van der Waals surface area contributed by atoms with Crippen LogP contribution in [0.4, 0.5) is 0 Å². The number of carbonyl (C=O) groups excluding carboxylic acids is 2. The van der Waals surface area contributed by atoms with Gasteiger partial charge in [-0.05, 0) is 45.2 Å². The van der Waals surface area contributed by atoms with Crippen LogP contribution in [0.5, 0.6) is 0 Å².